The van der Waals surface area contributed by atoms with Crippen molar-refractivity contribution in [2.45, 2.75) is 92.0 Å². The van der Waals surface area contributed by atoms with E-state index in [1.807, 2.05) is 42.5 Å². The molecule has 0 fully saturated rings. The first-order valence-electron chi connectivity index (χ1n) is 17.5. The van der Waals surface area contributed by atoms with E-state index in [2.05, 4.69) is 81.6 Å². The van der Waals surface area contributed by atoms with Crippen molar-refractivity contribution in [3.8, 4) is 11.4 Å². The Hall–Kier alpha value is -4.34. The van der Waals surface area contributed by atoms with Gasteiger partial charge in [0.05, 0.1) is 0 Å². The fraction of sp³-hybridized carbons (Fsp3) is 0.425. The number of fused-ring (bicyclic) bond motifs is 5. The molecular weight excluding hydrogens is 646 g/mol. The number of amides is 2. The first kappa shape index (κ1) is 38.5. The molecule has 3 aliphatic rings. The van der Waals surface area contributed by atoms with Crippen LogP contribution in [0.2, 0.25) is 0 Å². The van der Waals surface area contributed by atoms with Crippen LogP contribution < -0.4 is 16.6 Å². The molecule has 0 radical (unpaired) electrons. The summed E-state index contributed by atoms with van der Waals surface area (Å²) in [7, 11) is 0. The van der Waals surface area contributed by atoms with Crippen molar-refractivity contribution in [3.63, 3.8) is 0 Å². The molecule has 2 amide bonds. The Morgan fingerprint density at radius 1 is 0.780 bits per heavy atom. The Labute approximate surface area is 302 Å². The number of benzene rings is 3. The van der Waals surface area contributed by atoms with Crippen molar-refractivity contribution >= 4 is 28.6 Å². The summed E-state index contributed by atoms with van der Waals surface area (Å²) in [6, 6.07) is 24.6. The number of hydrogen-bond donors (Lipinski definition) is 3. The summed E-state index contributed by atoms with van der Waals surface area (Å²) in [5, 5.41) is 12.4. The lowest BCUT2D eigenvalue weighted by Crippen LogP contribution is -2.39. The number of halogens is 1. The number of carbonyl (C=O) groups excluding carboxylic acids is 2. The Morgan fingerprint density at radius 2 is 1.32 bits per heavy atom. The van der Waals surface area contributed by atoms with E-state index in [4.69, 9.17) is 17.4 Å². The predicted octanol–water partition coefficient (Wildman–Crippen LogP) is 7.19. The van der Waals surface area contributed by atoms with Gasteiger partial charge in [-0.25, -0.2) is 5.84 Å². The lowest BCUT2D eigenvalue weighted by Gasteiger charge is -2.18. The van der Waals surface area contributed by atoms with E-state index in [1.54, 1.807) is 20.8 Å². The number of aromatic nitrogens is 3. The molecule has 3 aromatic carbocycles. The van der Waals surface area contributed by atoms with Gasteiger partial charge in [0, 0.05) is 47.2 Å². The van der Waals surface area contributed by atoms with E-state index in [1.165, 1.54) is 22.3 Å². The molecule has 0 atom stereocenters. The van der Waals surface area contributed by atoms with Gasteiger partial charge < -0.3 is 9.88 Å². The van der Waals surface area contributed by atoms with Crippen molar-refractivity contribution in [2.24, 2.45) is 16.3 Å². The highest BCUT2D eigenvalue weighted by atomic mass is 35.5. The quantitative estimate of drug-likeness (QED) is 0.102. The lowest BCUT2D eigenvalue weighted by molar-refractivity contribution is -0.128. The monoisotopic (exact) mass is 697 g/mol. The molecule has 4 heterocycles. The van der Waals surface area contributed by atoms with Crippen LogP contribution in [0.1, 0.15) is 99.2 Å². The molecular formula is C40H52ClN7O2. The van der Waals surface area contributed by atoms with E-state index in [0.717, 1.165) is 80.9 Å². The van der Waals surface area contributed by atoms with Gasteiger partial charge in [-0.05, 0) is 61.3 Å². The predicted molar refractivity (Wildman–Crippen MR) is 203 cm³/mol. The van der Waals surface area contributed by atoms with E-state index in [-0.39, 0.29) is 22.6 Å². The zero-order chi connectivity index (χ0) is 36.3. The fourth-order valence-electron chi connectivity index (χ4n) is 5.88. The number of rotatable bonds is 0. The molecule has 4 N–H and O–H groups in total. The van der Waals surface area contributed by atoms with Crippen LogP contribution in [-0.4, -0.2) is 44.8 Å². The van der Waals surface area contributed by atoms with Gasteiger partial charge in [0.2, 0.25) is 5.91 Å². The lowest BCUT2D eigenvalue weighted by atomic mass is 9.95. The Morgan fingerprint density at radius 3 is 1.92 bits per heavy atom. The van der Waals surface area contributed by atoms with Gasteiger partial charge >= 0.3 is 0 Å². The number of hydrazine groups is 1. The Bertz CT molecular complexity index is 1780. The molecule has 0 unspecified atom stereocenters. The number of aliphatic imine (C=N–C) groups is 1. The maximum absolute atomic E-state index is 11.4. The minimum Gasteiger partial charge on any atom is -0.352 e. The topological polar surface area (TPSA) is 127 Å². The minimum atomic E-state index is -0.366. The van der Waals surface area contributed by atoms with Crippen LogP contribution in [-0.2, 0) is 36.0 Å². The summed E-state index contributed by atoms with van der Waals surface area (Å²) >= 11 is 6.00. The van der Waals surface area contributed by atoms with Gasteiger partial charge in [-0.1, -0.05) is 120 Å². The van der Waals surface area contributed by atoms with Crippen LogP contribution in [0.5, 0.6) is 0 Å². The number of nitrogens with one attached hydrogen (secondary N) is 2. The second-order valence-corrected chi connectivity index (χ2v) is 15.0. The molecule has 0 spiro atoms. The Kier molecular flexibility index (Phi) is 13.5. The molecule has 50 heavy (non-hydrogen) atoms. The SMILES string of the molecule is CC(C)(C)C(=O)NN.CC(C)(C)c1nnc2n1CCCc1ccccc1-2.ClC1=NCCCc2ccccc21.O=C1NCCCc2ccccc21. The van der Waals surface area contributed by atoms with Gasteiger partial charge in [-0.15, -0.1) is 10.2 Å². The van der Waals surface area contributed by atoms with E-state index in [9.17, 15) is 9.59 Å². The first-order chi connectivity index (χ1) is 23.8. The van der Waals surface area contributed by atoms with Crippen LogP contribution in [0.25, 0.3) is 11.4 Å². The van der Waals surface area contributed by atoms with Crippen molar-refractivity contribution in [3.05, 3.63) is 106 Å². The average molecular weight is 698 g/mol. The van der Waals surface area contributed by atoms with Gasteiger partial charge in [0.1, 0.15) is 11.0 Å². The maximum atomic E-state index is 11.4. The van der Waals surface area contributed by atoms with Crippen molar-refractivity contribution < 1.29 is 9.59 Å². The number of nitrogens with two attached hydrogens (primary N) is 1. The summed E-state index contributed by atoms with van der Waals surface area (Å²) in [6.45, 7) is 14.7. The summed E-state index contributed by atoms with van der Waals surface area (Å²) in [5.41, 5.74) is 8.83. The van der Waals surface area contributed by atoms with Crippen molar-refractivity contribution in [1.82, 2.24) is 25.5 Å². The molecule has 0 aliphatic carbocycles. The molecule has 266 valence electrons. The van der Waals surface area contributed by atoms with Gasteiger partial charge in [0.25, 0.3) is 5.91 Å². The third-order valence-corrected chi connectivity index (χ3v) is 8.91. The smallest absolute Gasteiger partial charge is 0.251 e. The zero-order valence-electron chi connectivity index (χ0n) is 30.4. The summed E-state index contributed by atoms with van der Waals surface area (Å²) in [5.74, 6) is 6.92. The fourth-order valence-corrected chi connectivity index (χ4v) is 6.15. The van der Waals surface area contributed by atoms with Crippen molar-refractivity contribution in [2.75, 3.05) is 13.1 Å². The molecule has 0 saturated heterocycles. The highest BCUT2D eigenvalue weighted by Gasteiger charge is 2.26. The van der Waals surface area contributed by atoms with Crippen LogP contribution in [0.4, 0.5) is 0 Å². The van der Waals surface area contributed by atoms with E-state index >= 15 is 0 Å². The van der Waals surface area contributed by atoms with Crippen LogP contribution >= 0.6 is 11.6 Å². The second-order valence-electron chi connectivity index (χ2n) is 14.7. The normalized spacial score (nSPS) is 14.9. The average Bonchev–Trinajstić information content (AvgIpc) is 3.19. The number of aryl methyl sites for hydroxylation is 3. The molecule has 10 heteroatoms. The second kappa shape index (κ2) is 17.5. The molecule has 4 aromatic rings. The largest absolute Gasteiger partial charge is 0.352 e. The third kappa shape index (κ3) is 10.3. The molecule has 7 rings (SSSR count). The summed E-state index contributed by atoms with van der Waals surface area (Å²) in [6.07, 6.45) is 6.54. The van der Waals surface area contributed by atoms with Crippen LogP contribution in [0.3, 0.4) is 0 Å². The molecule has 0 saturated carbocycles. The van der Waals surface area contributed by atoms with E-state index in [0.29, 0.717) is 5.17 Å². The highest BCUT2D eigenvalue weighted by molar-refractivity contribution is 6.69. The standard InChI is InChI=1S/C15H19N3.C10H10ClN.C10H11NO.C5H12N2O/c1-15(2,3)14-17-16-13-12-9-5-4-7-11(12)8-6-10-18(13)14;11-10-9-6-2-1-4-8(9)5-3-7-12-10;12-10-9-6-2-1-4-8(9)5-3-7-11-10;1-5(2,3)4(8)7-6/h4-5,7,9H,6,8,10H2,1-3H3;1-2,4,6H,3,5,7H2;1-2,4,6H,3,5,7H2,(H,11,12);6H2,1-3H3,(H,7,8). The molecule has 3 aliphatic heterocycles. The van der Waals surface area contributed by atoms with Crippen molar-refractivity contribution in [1.29, 1.82) is 0 Å². The van der Waals surface area contributed by atoms with Crippen LogP contribution in [0.15, 0.2) is 77.8 Å². The molecule has 0 bridgehead atoms. The third-order valence-electron chi connectivity index (χ3n) is 8.58. The van der Waals surface area contributed by atoms with Crippen LogP contribution in [0, 0.1) is 5.41 Å². The summed E-state index contributed by atoms with van der Waals surface area (Å²) < 4.78 is 2.30. The molecule has 9 nitrogen and oxygen atoms in total. The highest BCUT2D eigenvalue weighted by Crippen LogP contribution is 2.31. The van der Waals surface area contributed by atoms with Gasteiger partial charge in [-0.2, -0.15) is 0 Å². The Balaban J connectivity index is 0.000000156. The zero-order valence-corrected chi connectivity index (χ0v) is 31.1. The maximum Gasteiger partial charge on any atom is 0.251 e. The number of hydrogen-bond acceptors (Lipinski definition) is 6. The van der Waals surface area contributed by atoms with Gasteiger partial charge in [-0.3, -0.25) is 20.0 Å². The number of carbonyl (C=O) groups is 2. The van der Waals surface area contributed by atoms with Gasteiger partial charge in [0.15, 0.2) is 5.82 Å². The molecule has 1 aromatic heterocycles. The first-order valence-corrected chi connectivity index (χ1v) is 17.9. The summed E-state index contributed by atoms with van der Waals surface area (Å²) in [4.78, 5) is 26.2. The number of nitrogens with zero attached hydrogens (tertiary/aromatic N) is 4. The minimum absolute atomic E-state index is 0.0462. The van der Waals surface area contributed by atoms with E-state index < -0.39 is 0 Å².